The lowest BCUT2D eigenvalue weighted by atomic mass is 9.90. The minimum absolute atomic E-state index is 0.193. The second-order valence-corrected chi connectivity index (χ2v) is 7.67. The first kappa shape index (κ1) is 19.9. The maximum Gasteiger partial charge on any atom is 0.356 e. The molecule has 2 aliphatic rings. The van der Waals surface area contributed by atoms with Gasteiger partial charge in [0.05, 0.1) is 5.69 Å². The number of carboxylic acids is 1. The molecule has 0 bridgehead atoms. The maximum atomic E-state index is 12.1. The van der Waals surface area contributed by atoms with Crippen molar-refractivity contribution in [1.82, 2.24) is 0 Å². The highest BCUT2D eigenvalue weighted by Gasteiger charge is 2.24. The molecule has 6 nitrogen and oxygen atoms in total. The summed E-state index contributed by atoms with van der Waals surface area (Å²) in [5, 5.41) is 14.9. The monoisotopic (exact) mass is 403 g/mol. The lowest BCUT2D eigenvalue weighted by Crippen LogP contribution is -2.34. The van der Waals surface area contributed by atoms with Crippen molar-refractivity contribution in [3.8, 4) is 0 Å². The molecule has 2 aromatic carbocycles. The van der Waals surface area contributed by atoms with Crippen molar-refractivity contribution in [2.24, 2.45) is 5.10 Å². The fraction of sp³-hybridized carbons (Fsp3) is 0.292. The molecule has 0 unspecified atom stereocenters. The van der Waals surface area contributed by atoms with Crippen LogP contribution in [0.25, 0.3) is 6.08 Å². The number of para-hydroxylation sites is 1. The van der Waals surface area contributed by atoms with E-state index in [0.29, 0.717) is 5.69 Å². The number of carbonyl (C=O) groups excluding carboxylic acids is 1. The van der Waals surface area contributed by atoms with Gasteiger partial charge in [0.1, 0.15) is 0 Å². The van der Waals surface area contributed by atoms with Gasteiger partial charge in [-0.1, -0.05) is 24.3 Å². The summed E-state index contributed by atoms with van der Waals surface area (Å²) in [6.07, 6.45) is 7.64. The SMILES string of the molecule is CC(=O)N(/N=C(\C=C\c1cc2c3c(c1)CCCN3CCC2)C(=O)O)c1ccccc1. The standard InChI is InChI=1S/C24H25N3O3/c1-17(28)27(21-9-3-2-4-10-21)25-22(24(29)30)12-11-18-15-19-7-5-13-26-14-6-8-20(16-18)23(19)26/h2-4,9-12,15-16H,5-8,13-14H2,1H3,(H,29,30)/b12-11+,25-22+. The Morgan fingerprint density at radius 2 is 1.70 bits per heavy atom. The molecule has 0 fully saturated rings. The number of aryl methyl sites for hydroxylation is 2. The smallest absolute Gasteiger partial charge is 0.356 e. The molecule has 0 aliphatic carbocycles. The van der Waals surface area contributed by atoms with Gasteiger partial charge in [0.15, 0.2) is 5.71 Å². The molecule has 2 aliphatic heterocycles. The Bertz CT molecular complexity index is 996. The number of nitrogens with zero attached hydrogens (tertiary/aromatic N) is 3. The molecule has 4 rings (SSSR count). The number of benzene rings is 2. The Balaban J connectivity index is 1.66. The number of hydrogen-bond donors (Lipinski definition) is 1. The van der Waals surface area contributed by atoms with Crippen LogP contribution in [-0.2, 0) is 22.4 Å². The van der Waals surface area contributed by atoms with Crippen molar-refractivity contribution in [3.63, 3.8) is 0 Å². The molecule has 2 aromatic rings. The van der Waals surface area contributed by atoms with Gasteiger partial charge in [-0.15, -0.1) is 0 Å². The van der Waals surface area contributed by atoms with E-state index in [1.165, 1.54) is 29.8 Å². The van der Waals surface area contributed by atoms with Crippen LogP contribution >= 0.6 is 0 Å². The van der Waals surface area contributed by atoms with Crippen LogP contribution in [0, 0.1) is 0 Å². The molecule has 0 aromatic heterocycles. The lowest BCUT2D eigenvalue weighted by molar-refractivity contribution is -0.129. The quantitative estimate of drug-likeness (QED) is 0.607. The average Bonchev–Trinajstić information content (AvgIpc) is 2.74. The zero-order chi connectivity index (χ0) is 21.1. The molecule has 1 amide bonds. The number of hydrogen-bond acceptors (Lipinski definition) is 4. The molecule has 6 heteroatoms. The minimum atomic E-state index is -1.18. The zero-order valence-electron chi connectivity index (χ0n) is 17.0. The first-order valence-corrected chi connectivity index (χ1v) is 10.3. The molecule has 30 heavy (non-hydrogen) atoms. The predicted molar refractivity (Wildman–Crippen MR) is 119 cm³/mol. The van der Waals surface area contributed by atoms with Gasteiger partial charge < -0.3 is 10.0 Å². The molecule has 0 saturated heterocycles. The molecule has 0 radical (unpaired) electrons. The third-order valence-electron chi connectivity index (χ3n) is 5.51. The van der Waals surface area contributed by atoms with Crippen molar-refractivity contribution < 1.29 is 14.7 Å². The van der Waals surface area contributed by atoms with Crippen LogP contribution in [0.4, 0.5) is 11.4 Å². The second kappa shape index (κ2) is 8.53. The topological polar surface area (TPSA) is 73.2 Å². The molecular formula is C24H25N3O3. The Morgan fingerprint density at radius 1 is 1.07 bits per heavy atom. The average molecular weight is 403 g/mol. The van der Waals surface area contributed by atoms with Gasteiger partial charge in [-0.05, 0) is 72.7 Å². The highest BCUT2D eigenvalue weighted by molar-refractivity contribution is 6.41. The summed E-state index contributed by atoms with van der Waals surface area (Å²) in [5.41, 5.74) is 5.35. The third-order valence-corrected chi connectivity index (χ3v) is 5.51. The van der Waals surface area contributed by atoms with Gasteiger partial charge in [-0.3, -0.25) is 4.79 Å². The van der Waals surface area contributed by atoms with Crippen LogP contribution < -0.4 is 9.91 Å². The summed E-state index contributed by atoms with van der Waals surface area (Å²) < 4.78 is 0. The third kappa shape index (κ3) is 4.13. The summed E-state index contributed by atoms with van der Waals surface area (Å²) in [6.45, 7) is 3.59. The Morgan fingerprint density at radius 3 is 2.27 bits per heavy atom. The van der Waals surface area contributed by atoms with Crippen LogP contribution in [0.3, 0.4) is 0 Å². The van der Waals surface area contributed by atoms with Crippen molar-refractivity contribution in [2.45, 2.75) is 32.6 Å². The highest BCUT2D eigenvalue weighted by Crippen LogP contribution is 2.36. The van der Waals surface area contributed by atoms with E-state index < -0.39 is 5.97 Å². The van der Waals surface area contributed by atoms with E-state index in [2.05, 4.69) is 22.1 Å². The van der Waals surface area contributed by atoms with Gasteiger partial charge in [0.2, 0.25) is 5.91 Å². The van der Waals surface area contributed by atoms with Crippen LogP contribution in [0.2, 0.25) is 0 Å². The number of amides is 1. The first-order valence-electron chi connectivity index (χ1n) is 10.3. The van der Waals surface area contributed by atoms with E-state index in [0.717, 1.165) is 49.3 Å². The van der Waals surface area contributed by atoms with Crippen LogP contribution in [-0.4, -0.2) is 35.8 Å². The normalized spacial score (nSPS) is 15.8. The van der Waals surface area contributed by atoms with E-state index in [-0.39, 0.29) is 11.6 Å². The van der Waals surface area contributed by atoms with Crippen LogP contribution in [0.15, 0.2) is 53.6 Å². The number of carbonyl (C=O) groups is 2. The van der Waals surface area contributed by atoms with E-state index >= 15 is 0 Å². The number of anilines is 2. The van der Waals surface area contributed by atoms with Gasteiger partial charge in [-0.2, -0.15) is 5.10 Å². The summed E-state index contributed by atoms with van der Waals surface area (Å²) >= 11 is 0. The van der Waals surface area contributed by atoms with Crippen LogP contribution in [0.5, 0.6) is 0 Å². The summed E-state index contributed by atoms with van der Waals surface area (Å²) in [5.74, 6) is -1.54. The Kier molecular flexibility index (Phi) is 5.65. The summed E-state index contributed by atoms with van der Waals surface area (Å²) in [4.78, 5) is 26.3. The highest BCUT2D eigenvalue weighted by atomic mass is 16.4. The second-order valence-electron chi connectivity index (χ2n) is 7.67. The van der Waals surface area contributed by atoms with Crippen molar-refractivity contribution in [2.75, 3.05) is 23.0 Å². The minimum Gasteiger partial charge on any atom is -0.476 e. The zero-order valence-corrected chi connectivity index (χ0v) is 17.0. The van der Waals surface area contributed by atoms with Gasteiger partial charge in [0, 0.05) is 25.7 Å². The summed E-state index contributed by atoms with van der Waals surface area (Å²) in [6, 6.07) is 13.1. The Labute approximate surface area is 176 Å². The van der Waals surface area contributed by atoms with E-state index in [1.807, 2.05) is 6.07 Å². The van der Waals surface area contributed by atoms with E-state index in [1.54, 1.807) is 30.3 Å². The molecule has 0 saturated carbocycles. The largest absolute Gasteiger partial charge is 0.476 e. The molecular weight excluding hydrogens is 378 g/mol. The molecule has 2 heterocycles. The molecule has 0 atom stereocenters. The first-order chi connectivity index (χ1) is 14.5. The van der Waals surface area contributed by atoms with Crippen molar-refractivity contribution >= 4 is 35.0 Å². The number of carboxylic acid groups (broad SMARTS) is 1. The van der Waals surface area contributed by atoms with Crippen LogP contribution in [0.1, 0.15) is 36.5 Å². The van der Waals surface area contributed by atoms with E-state index in [4.69, 9.17) is 0 Å². The molecule has 0 spiro atoms. The fourth-order valence-electron chi connectivity index (χ4n) is 4.24. The predicted octanol–water partition coefficient (Wildman–Crippen LogP) is 3.89. The van der Waals surface area contributed by atoms with Crippen molar-refractivity contribution in [3.05, 3.63) is 65.2 Å². The number of rotatable bonds is 5. The summed E-state index contributed by atoms with van der Waals surface area (Å²) in [7, 11) is 0. The Hall–Kier alpha value is -3.41. The molecule has 154 valence electrons. The maximum absolute atomic E-state index is 12.1. The van der Waals surface area contributed by atoms with Gasteiger partial charge >= 0.3 is 5.97 Å². The molecule has 1 N–H and O–H groups in total. The van der Waals surface area contributed by atoms with Crippen molar-refractivity contribution in [1.29, 1.82) is 0 Å². The van der Waals surface area contributed by atoms with E-state index in [9.17, 15) is 14.7 Å². The fourth-order valence-corrected chi connectivity index (χ4v) is 4.24. The van der Waals surface area contributed by atoms with Gasteiger partial charge in [-0.25, -0.2) is 9.80 Å². The number of aliphatic carboxylic acids is 1. The lowest BCUT2D eigenvalue weighted by Gasteiger charge is -2.37. The van der Waals surface area contributed by atoms with Gasteiger partial charge in [0.25, 0.3) is 0 Å². The number of hydrazone groups is 1.